The number of hydrogen-bond acceptors (Lipinski definition) is 6. The second-order valence-corrected chi connectivity index (χ2v) is 8.03. The number of hydrogen-bond donors (Lipinski definition) is 0. The zero-order valence-electron chi connectivity index (χ0n) is 17.6. The van der Waals surface area contributed by atoms with Gasteiger partial charge in [-0.1, -0.05) is 36.4 Å². The van der Waals surface area contributed by atoms with Crippen LogP contribution >= 0.6 is 0 Å². The number of carbonyl (C=O) groups is 2. The Morgan fingerprint density at radius 2 is 1.90 bits per heavy atom. The van der Waals surface area contributed by atoms with Gasteiger partial charge < -0.3 is 9.64 Å². The molecule has 0 atom stereocenters. The van der Waals surface area contributed by atoms with E-state index in [1.165, 1.54) is 23.1 Å². The first-order valence-electron chi connectivity index (χ1n) is 10.1. The first-order valence-corrected chi connectivity index (χ1v) is 10.1. The number of ketones is 1. The smallest absolute Gasteiger partial charge is 0.271 e. The Labute approximate surface area is 180 Å². The molecular formula is C23H25N3O5. The van der Waals surface area contributed by atoms with Crippen LogP contribution in [-0.2, 0) is 20.7 Å². The number of non-ortho nitro benzene ring substituents is 1. The normalized spacial score (nSPS) is 14.5. The van der Waals surface area contributed by atoms with Crippen molar-refractivity contribution in [2.75, 3.05) is 18.1 Å². The van der Waals surface area contributed by atoms with E-state index in [4.69, 9.17) is 4.74 Å². The molecule has 2 aromatic rings. The van der Waals surface area contributed by atoms with Crippen molar-refractivity contribution in [1.82, 2.24) is 0 Å². The number of ether oxygens (including phenoxy) is 1. The molecule has 0 saturated heterocycles. The Balaban J connectivity index is 1.76. The fourth-order valence-electron chi connectivity index (χ4n) is 3.29. The van der Waals surface area contributed by atoms with E-state index in [9.17, 15) is 19.7 Å². The van der Waals surface area contributed by atoms with Gasteiger partial charge in [-0.15, -0.1) is 0 Å². The lowest BCUT2D eigenvalue weighted by atomic mass is 10.1. The first kappa shape index (κ1) is 22.1. The van der Waals surface area contributed by atoms with E-state index in [1.54, 1.807) is 6.07 Å². The lowest BCUT2D eigenvalue weighted by Crippen LogP contribution is -2.35. The van der Waals surface area contributed by atoms with Gasteiger partial charge in [0.1, 0.15) is 6.61 Å². The van der Waals surface area contributed by atoms with Gasteiger partial charge in [-0.05, 0) is 38.3 Å². The van der Waals surface area contributed by atoms with Gasteiger partial charge in [0.05, 0.1) is 22.6 Å². The topological polar surface area (TPSA) is 102 Å². The number of aryl methyl sites for hydroxylation is 1. The summed E-state index contributed by atoms with van der Waals surface area (Å²) >= 11 is 0. The third kappa shape index (κ3) is 5.97. The minimum absolute atomic E-state index is 0.0402. The molecule has 1 amide bonds. The Morgan fingerprint density at radius 1 is 1.16 bits per heavy atom. The Morgan fingerprint density at radius 3 is 2.55 bits per heavy atom. The number of carbonyl (C=O) groups excluding carboxylic acids is 2. The van der Waals surface area contributed by atoms with Gasteiger partial charge in [-0.25, -0.2) is 4.99 Å². The maximum atomic E-state index is 13.0. The molecule has 0 bridgehead atoms. The van der Waals surface area contributed by atoms with Crippen molar-refractivity contribution in [2.45, 2.75) is 38.6 Å². The number of nitrogens with zero attached hydrogens (tertiary/aromatic N) is 3. The second-order valence-electron chi connectivity index (χ2n) is 8.03. The van der Waals surface area contributed by atoms with Crippen LogP contribution < -0.4 is 4.90 Å². The number of Topliss-reactive ketones (excluding diaryl/α,β-unsaturated/α-hetero) is 1. The summed E-state index contributed by atoms with van der Waals surface area (Å²) in [4.78, 5) is 41.9. The number of benzene rings is 2. The van der Waals surface area contributed by atoms with Crippen LogP contribution in [0.1, 0.15) is 32.3 Å². The number of amides is 1. The highest BCUT2D eigenvalue weighted by molar-refractivity contribution is 6.40. The zero-order chi connectivity index (χ0) is 22.4. The molecule has 1 heterocycles. The van der Waals surface area contributed by atoms with E-state index in [-0.39, 0.29) is 18.2 Å². The summed E-state index contributed by atoms with van der Waals surface area (Å²) in [6.45, 7) is 4.29. The number of anilines is 1. The molecular weight excluding hydrogens is 398 g/mol. The molecule has 0 saturated carbocycles. The molecule has 31 heavy (non-hydrogen) atoms. The molecule has 3 rings (SSSR count). The molecule has 8 nitrogen and oxygen atoms in total. The van der Waals surface area contributed by atoms with Gasteiger partial charge in [0.25, 0.3) is 11.6 Å². The van der Waals surface area contributed by atoms with Crippen LogP contribution in [0.25, 0.3) is 0 Å². The van der Waals surface area contributed by atoms with E-state index in [1.807, 2.05) is 44.2 Å². The van der Waals surface area contributed by atoms with Crippen molar-refractivity contribution >= 4 is 29.0 Å². The molecule has 0 spiro atoms. The Kier molecular flexibility index (Phi) is 6.79. The predicted molar refractivity (Wildman–Crippen MR) is 117 cm³/mol. The van der Waals surface area contributed by atoms with Crippen molar-refractivity contribution in [3.05, 3.63) is 70.3 Å². The summed E-state index contributed by atoms with van der Waals surface area (Å²) < 4.78 is 5.35. The van der Waals surface area contributed by atoms with Crippen molar-refractivity contribution < 1.29 is 19.2 Å². The number of nitro benzene ring substituents is 1. The van der Waals surface area contributed by atoms with Gasteiger partial charge in [-0.3, -0.25) is 19.7 Å². The summed E-state index contributed by atoms with van der Waals surface area (Å²) in [6.07, 6.45) is 0.956. The molecule has 0 unspecified atom stereocenters. The van der Waals surface area contributed by atoms with E-state index in [2.05, 4.69) is 4.99 Å². The Bertz CT molecular complexity index is 1000. The molecule has 8 heteroatoms. The molecule has 2 aromatic carbocycles. The van der Waals surface area contributed by atoms with Crippen molar-refractivity contribution in [1.29, 1.82) is 0 Å². The van der Waals surface area contributed by atoms with Gasteiger partial charge in [0.2, 0.25) is 11.7 Å². The van der Waals surface area contributed by atoms with Crippen LogP contribution in [0.2, 0.25) is 0 Å². The number of rotatable bonds is 9. The molecule has 0 aliphatic carbocycles. The van der Waals surface area contributed by atoms with Crippen molar-refractivity contribution in [3.63, 3.8) is 0 Å². The molecule has 1 aliphatic rings. The third-order valence-electron chi connectivity index (χ3n) is 4.86. The minimum atomic E-state index is -0.509. The standard InChI is InChI=1S/C23H25N3O5/c1-23(2)16-31-22(24-23)20(27)15-21(28)25(13-7-10-17-8-4-3-5-9-17)18-11-6-12-19(14-18)26(29)30/h3-6,8-9,11-12,14H,7,10,13,15-16H2,1-2H3. The van der Waals surface area contributed by atoms with E-state index in [0.717, 1.165) is 12.0 Å². The molecule has 0 fully saturated rings. The number of aliphatic imine (C=N–C) groups is 1. The SMILES string of the molecule is CC1(C)COC(C(=O)CC(=O)N(CCCc2ccccc2)c2cccc([N+](=O)[O-])c2)=N1. The number of nitro groups is 1. The zero-order valence-corrected chi connectivity index (χ0v) is 17.6. The minimum Gasteiger partial charge on any atom is -0.473 e. The highest BCUT2D eigenvalue weighted by Crippen LogP contribution is 2.23. The lowest BCUT2D eigenvalue weighted by Gasteiger charge is -2.22. The van der Waals surface area contributed by atoms with E-state index < -0.39 is 28.6 Å². The molecule has 0 radical (unpaired) electrons. The largest absolute Gasteiger partial charge is 0.473 e. The van der Waals surface area contributed by atoms with Crippen LogP contribution in [0, 0.1) is 10.1 Å². The highest BCUT2D eigenvalue weighted by Gasteiger charge is 2.32. The summed E-state index contributed by atoms with van der Waals surface area (Å²) in [5.41, 5.74) is 0.897. The molecule has 1 aliphatic heterocycles. The third-order valence-corrected chi connectivity index (χ3v) is 4.86. The summed E-state index contributed by atoms with van der Waals surface area (Å²) in [6, 6.07) is 15.7. The van der Waals surface area contributed by atoms with Crippen molar-refractivity contribution in [3.8, 4) is 0 Å². The summed E-state index contributed by atoms with van der Waals surface area (Å²) in [5, 5.41) is 11.2. The van der Waals surface area contributed by atoms with Gasteiger partial charge >= 0.3 is 0 Å². The average Bonchev–Trinajstić information content (AvgIpc) is 3.12. The fourth-order valence-corrected chi connectivity index (χ4v) is 3.29. The molecule has 0 aromatic heterocycles. The molecule has 162 valence electrons. The summed E-state index contributed by atoms with van der Waals surface area (Å²) in [5.74, 6) is -0.981. The summed E-state index contributed by atoms with van der Waals surface area (Å²) in [7, 11) is 0. The maximum Gasteiger partial charge on any atom is 0.271 e. The fraction of sp³-hybridized carbons (Fsp3) is 0.348. The van der Waals surface area contributed by atoms with Crippen LogP contribution in [-0.4, -0.2) is 41.2 Å². The monoisotopic (exact) mass is 423 g/mol. The maximum absolute atomic E-state index is 13.0. The van der Waals surface area contributed by atoms with Gasteiger partial charge in [0, 0.05) is 18.7 Å². The second kappa shape index (κ2) is 9.51. The van der Waals surface area contributed by atoms with Crippen LogP contribution in [0.5, 0.6) is 0 Å². The Hall–Kier alpha value is -3.55. The van der Waals surface area contributed by atoms with Gasteiger partial charge in [-0.2, -0.15) is 0 Å². The lowest BCUT2D eigenvalue weighted by molar-refractivity contribution is -0.384. The highest BCUT2D eigenvalue weighted by atomic mass is 16.6. The van der Waals surface area contributed by atoms with Crippen molar-refractivity contribution in [2.24, 2.45) is 4.99 Å². The van der Waals surface area contributed by atoms with Crippen LogP contribution in [0.15, 0.2) is 59.6 Å². The molecule has 0 N–H and O–H groups in total. The van der Waals surface area contributed by atoms with Gasteiger partial charge in [0.15, 0.2) is 0 Å². The van der Waals surface area contributed by atoms with E-state index >= 15 is 0 Å². The quantitative estimate of drug-likeness (QED) is 0.347. The predicted octanol–water partition coefficient (Wildman–Crippen LogP) is 3.73. The van der Waals surface area contributed by atoms with Crippen LogP contribution in [0.4, 0.5) is 11.4 Å². The van der Waals surface area contributed by atoms with E-state index in [0.29, 0.717) is 18.7 Å². The van der Waals surface area contributed by atoms with Crippen LogP contribution in [0.3, 0.4) is 0 Å². The average molecular weight is 423 g/mol. The first-order chi connectivity index (χ1) is 14.7.